The molecular weight excluding hydrogens is 264 g/mol. The van der Waals surface area contributed by atoms with Crippen molar-refractivity contribution < 1.29 is 5.11 Å². The molecule has 1 N–H and O–H groups in total. The van der Waals surface area contributed by atoms with Crippen molar-refractivity contribution >= 4 is 15.9 Å². The van der Waals surface area contributed by atoms with Gasteiger partial charge in [0.2, 0.25) is 0 Å². The second kappa shape index (κ2) is 5.83. The Balaban J connectivity index is 2.36. The SMILES string of the molecule is CC(C)(C)C(O)CCCc1cccc(Br)c1. The van der Waals surface area contributed by atoms with Gasteiger partial charge in [0.25, 0.3) is 0 Å². The average molecular weight is 285 g/mol. The molecule has 0 aromatic heterocycles. The van der Waals surface area contributed by atoms with E-state index in [9.17, 15) is 5.11 Å². The number of rotatable bonds is 4. The Bertz CT molecular complexity index is 328. The summed E-state index contributed by atoms with van der Waals surface area (Å²) in [6.45, 7) is 6.24. The van der Waals surface area contributed by atoms with E-state index in [-0.39, 0.29) is 11.5 Å². The molecule has 1 unspecified atom stereocenters. The highest BCUT2D eigenvalue weighted by Crippen LogP contribution is 2.23. The highest BCUT2D eigenvalue weighted by Gasteiger charge is 2.21. The lowest BCUT2D eigenvalue weighted by molar-refractivity contribution is 0.0540. The van der Waals surface area contributed by atoms with Gasteiger partial charge in [0.15, 0.2) is 0 Å². The summed E-state index contributed by atoms with van der Waals surface area (Å²) in [6, 6.07) is 8.37. The third-order valence-electron chi connectivity index (χ3n) is 2.83. The van der Waals surface area contributed by atoms with Crippen molar-refractivity contribution in [2.24, 2.45) is 5.41 Å². The molecule has 2 heteroatoms. The molecule has 0 aliphatic carbocycles. The zero-order valence-corrected chi connectivity index (χ0v) is 11.9. The lowest BCUT2D eigenvalue weighted by atomic mass is 9.86. The largest absolute Gasteiger partial charge is 0.393 e. The zero-order chi connectivity index (χ0) is 12.2. The van der Waals surface area contributed by atoms with E-state index in [0.717, 1.165) is 23.7 Å². The zero-order valence-electron chi connectivity index (χ0n) is 10.3. The third kappa shape index (κ3) is 4.67. The molecule has 0 fully saturated rings. The van der Waals surface area contributed by atoms with Crippen molar-refractivity contribution in [3.05, 3.63) is 34.3 Å². The van der Waals surface area contributed by atoms with Gasteiger partial charge in [0.05, 0.1) is 6.10 Å². The van der Waals surface area contributed by atoms with E-state index in [2.05, 4.69) is 54.9 Å². The summed E-state index contributed by atoms with van der Waals surface area (Å²) in [6.07, 6.45) is 2.73. The molecule has 0 amide bonds. The molecule has 0 aliphatic heterocycles. The van der Waals surface area contributed by atoms with Crippen molar-refractivity contribution in [1.29, 1.82) is 0 Å². The fourth-order valence-electron chi connectivity index (χ4n) is 1.63. The first-order valence-corrected chi connectivity index (χ1v) is 6.61. The van der Waals surface area contributed by atoms with Crippen molar-refractivity contribution in [3.63, 3.8) is 0 Å². The van der Waals surface area contributed by atoms with Crippen molar-refractivity contribution in [2.75, 3.05) is 0 Å². The maximum Gasteiger partial charge on any atom is 0.0588 e. The monoisotopic (exact) mass is 284 g/mol. The molecule has 0 spiro atoms. The van der Waals surface area contributed by atoms with Crippen LogP contribution in [0.25, 0.3) is 0 Å². The van der Waals surface area contributed by atoms with E-state index < -0.39 is 0 Å². The summed E-state index contributed by atoms with van der Waals surface area (Å²) in [5.74, 6) is 0. The van der Waals surface area contributed by atoms with Gasteiger partial charge in [-0.1, -0.05) is 48.8 Å². The van der Waals surface area contributed by atoms with E-state index in [4.69, 9.17) is 0 Å². The molecule has 1 nitrogen and oxygen atoms in total. The predicted octanol–water partition coefficient (Wildman–Crippen LogP) is 4.18. The standard InChI is InChI=1S/C14H21BrO/c1-14(2,3)13(16)9-5-7-11-6-4-8-12(15)10-11/h4,6,8,10,13,16H,5,7,9H2,1-3H3. The van der Waals surface area contributed by atoms with E-state index in [1.807, 2.05) is 6.07 Å². The number of hydrogen-bond donors (Lipinski definition) is 1. The van der Waals surface area contributed by atoms with Gasteiger partial charge in [-0.25, -0.2) is 0 Å². The fourth-order valence-corrected chi connectivity index (χ4v) is 2.07. The molecule has 0 saturated heterocycles. The number of aliphatic hydroxyl groups excluding tert-OH is 1. The molecule has 0 saturated carbocycles. The Hall–Kier alpha value is -0.340. The molecule has 0 bridgehead atoms. The molecule has 1 aromatic rings. The van der Waals surface area contributed by atoms with Crippen LogP contribution in [0.3, 0.4) is 0 Å². The quantitative estimate of drug-likeness (QED) is 0.880. The lowest BCUT2D eigenvalue weighted by Crippen LogP contribution is -2.25. The summed E-state index contributed by atoms with van der Waals surface area (Å²) in [7, 11) is 0. The van der Waals surface area contributed by atoms with Crippen LogP contribution in [0, 0.1) is 5.41 Å². The first-order valence-electron chi connectivity index (χ1n) is 5.82. The van der Waals surface area contributed by atoms with E-state index in [1.54, 1.807) is 0 Å². The normalized spacial score (nSPS) is 13.8. The number of aliphatic hydroxyl groups is 1. The van der Waals surface area contributed by atoms with Crippen LogP contribution in [-0.2, 0) is 6.42 Å². The van der Waals surface area contributed by atoms with Gasteiger partial charge in [-0.05, 0) is 42.4 Å². The fraction of sp³-hybridized carbons (Fsp3) is 0.571. The van der Waals surface area contributed by atoms with Gasteiger partial charge in [0.1, 0.15) is 0 Å². The van der Waals surface area contributed by atoms with Crippen LogP contribution in [0.1, 0.15) is 39.2 Å². The molecule has 1 rings (SSSR count). The maximum atomic E-state index is 9.91. The van der Waals surface area contributed by atoms with Crippen LogP contribution in [0.15, 0.2) is 28.7 Å². The lowest BCUT2D eigenvalue weighted by Gasteiger charge is -2.25. The van der Waals surface area contributed by atoms with E-state index in [0.29, 0.717) is 0 Å². The Morgan fingerprint density at radius 1 is 1.31 bits per heavy atom. The van der Waals surface area contributed by atoms with Gasteiger partial charge < -0.3 is 5.11 Å². The molecule has 0 aliphatic rings. The summed E-state index contributed by atoms with van der Waals surface area (Å²) >= 11 is 3.47. The molecular formula is C14H21BrO. The van der Waals surface area contributed by atoms with Crippen LogP contribution in [0.4, 0.5) is 0 Å². The molecule has 1 atom stereocenters. The summed E-state index contributed by atoms with van der Waals surface area (Å²) in [4.78, 5) is 0. The smallest absolute Gasteiger partial charge is 0.0588 e. The summed E-state index contributed by atoms with van der Waals surface area (Å²) < 4.78 is 1.13. The second-order valence-electron chi connectivity index (χ2n) is 5.40. The number of aryl methyl sites for hydroxylation is 1. The van der Waals surface area contributed by atoms with E-state index >= 15 is 0 Å². The number of halogens is 1. The average Bonchev–Trinajstić information content (AvgIpc) is 2.16. The maximum absolute atomic E-state index is 9.91. The molecule has 0 radical (unpaired) electrons. The van der Waals surface area contributed by atoms with E-state index in [1.165, 1.54) is 5.56 Å². The molecule has 0 heterocycles. The molecule has 90 valence electrons. The van der Waals surface area contributed by atoms with Gasteiger partial charge in [0, 0.05) is 4.47 Å². The van der Waals surface area contributed by atoms with Crippen LogP contribution in [-0.4, -0.2) is 11.2 Å². The Kier molecular flexibility index (Phi) is 5.00. The van der Waals surface area contributed by atoms with Crippen molar-refractivity contribution in [2.45, 2.75) is 46.1 Å². The summed E-state index contributed by atoms with van der Waals surface area (Å²) in [5, 5.41) is 9.91. The Labute approximate surface area is 107 Å². The number of benzene rings is 1. The Morgan fingerprint density at radius 3 is 2.56 bits per heavy atom. The van der Waals surface area contributed by atoms with Crippen molar-refractivity contribution in [3.8, 4) is 0 Å². The van der Waals surface area contributed by atoms with Crippen LogP contribution in [0.2, 0.25) is 0 Å². The molecule has 1 aromatic carbocycles. The van der Waals surface area contributed by atoms with Gasteiger partial charge in [-0.3, -0.25) is 0 Å². The van der Waals surface area contributed by atoms with Crippen molar-refractivity contribution in [1.82, 2.24) is 0 Å². The minimum Gasteiger partial charge on any atom is -0.393 e. The summed E-state index contributed by atoms with van der Waals surface area (Å²) in [5.41, 5.74) is 1.33. The first kappa shape index (κ1) is 13.7. The number of hydrogen-bond acceptors (Lipinski definition) is 1. The molecule has 16 heavy (non-hydrogen) atoms. The second-order valence-corrected chi connectivity index (χ2v) is 6.32. The van der Waals surface area contributed by atoms with Crippen LogP contribution >= 0.6 is 15.9 Å². The minimum absolute atomic E-state index is 0.00271. The highest BCUT2D eigenvalue weighted by atomic mass is 79.9. The third-order valence-corrected chi connectivity index (χ3v) is 3.32. The van der Waals surface area contributed by atoms with Gasteiger partial charge >= 0.3 is 0 Å². The predicted molar refractivity (Wildman–Crippen MR) is 72.5 cm³/mol. The first-order chi connectivity index (χ1) is 7.39. The topological polar surface area (TPSA) is 20.2 Å². The minimum atomic E-state index is -0.209. The Morgan fingerprint density at radius 2 is 2.00 bits per heavy atom. The highest BCUT2D eigenvalue weighted by molar-refractivity contribution is 9.10. The van der Waals surface area contributed by atoms with Crippen LogP contribution in [0.5, 0.6) is 0 Å². The van der Waals surface area contributed by atoms with Gasteiger partial charge in [-0.15, -0.1) is 0 Å². The van der Waals surface area contributed by atoms with Crippen LogP contribution < -0.4 is 0 Å². The van der Waals surface area contributed by atoms with Gasteiger partial charge in [-0.2, -0.15) is 0 Å².